The molecule has 2 heterocycles. The first kappa shape index (κ1) is 92.1. The molecule has 28 heteroatoms. The first-order valence-corrected chi connectivity index (χ1v) is 42.6. The van der Waals surface area contributed by atoms with Crippen LogP contribution in [0.3, 0.4) is 0 Å². The van der Waals surface area contributed by atoms with Crippen molar-refractivity contribution < 1.29 is 105 Å². The van der Waals surface area contributed by atoms with Gasteiger partial charge in [0.2, 0.25) is 11.8 Å². The Labute approximate surface area is 748 Å². The van der Waals surface area contributed by atoms with E-state index in [0.717, 1.165) is 56.4 Å². The average molecular weight is 1770 g/mol. The standard InChI is InChI=1S/C100H94Cl2N4O22/c1-9-59(7)93(95(111)103-67-27-23-65(101)24-28-67)105-97(113)73-55-77(125-69-31-15-61(16-32-69)39-43-117-47-51-121-81(107)11-3)87-89-79(127-71-35-19-63(20-36-71)41-45-119-49-53-123-83(109)13-5)57-75-86-76(100(116)106(99(75)115)94(60(8)10-2)96(112)104-68-29-25-66(102)26-30-68)58-80(128-72-37-21-64(22-38-72)42-46-120-50-54-124-84(110)14-6)90(92(86)89)88-78(56-74(98(105)114)85(73)91(87)88)126-70-33-17-62(18-34-70)40-44-118-48-52-122-82(108)12-4/h11-38,55-60,93-94H,3-6,9-10,39-54H2,1-2,7-8H3,(H,103,111)(H,104,112). The molecule has 6 amide bonds. The molecule has 660 valence electrons. The molecule has 0 aromatic heterocycles. The minimum Gasteiger partial charge on any atom is -0.460 e. The number of hydrogen-bond donors (Lipinski definition) is 2. The number of nitrogens with one attached hydrogen (secondary N) is 2. The van der Waals surface area contributed by atoms with Crippen molar-refractivity contribution in [2.24, 2.45) is 11.8 Å². The van der Waals surface area contributed by atoms with E-state index in [4.69, 9.17) is 80.0 Å². The average Bonchev–Trinajstić information content (AvgIpc) is 0.669. The van der Waals surface area contributed by atoms with Gasteiger partial charge < -0.3 is 67.5 Å². The van der Waals surface area contributed by atoms with Crippen molar-refractivity contribution in [3.8, 4) is 46.0 Å². The van der Waals surface area contributed by atoms with Crippen molar-refractivity contribution in [3.05, 3.63) is 275 Å². The number of imide groups is 2. The van der Waals surface area contributed by atoms with Crippen LogP contribution in [0.5, 0.6) is 46.0 Å². The van der Waals surface area contributed by atoms with Gasteiger partial charge in [-0.2, -0.15) is 0 Å². The van der Waals surface area contributed by atoms with Crippen molar-refractivity contribution >= 4 is 137 Å². The number of fused-ring (bicyclic) bond motifs is 2. The van der Waals surface area contributed by atoms with Crippen molar-refractivity contribution in [1.29, 1.82) is 0 Å². The van der Waals surface area contributed by atoms with Crippen LogP contribution in [0.15, 0.2) is 220 Å². The summed E-state index contributed by atoms with van der Waals surface area (Å²) in [6.45, 7) is 22.4. The first-order chi connectivity index (χ1) is 62.0. The van der Waals surface area contributed by atoms with Crippen LogP contribution in [0.1, 0.15) is 104 Å². The zero-order valence-electron chi connectivity index (χ0n) is 71.0. The molecule has 11 aromatic carbocycles. The fourth-order valence-corrected chi connectivity index (χ4v) is 15.4. The van der Waals surface area contributed by atoms with Gasteiger partial charge in [-0.25, -0.2) is 19.2 Å². The highest BCUT2D eigenvalue weighted by Crippen LogP contribution is 2.58. The van der Waals surface area contributed by atoms with Crippen LogP contribution in [0, 0.1) is 11.8 Å². The van der Waals surface area contributed by atoms with E-state index in [-0.39, 0.29) is 191 Å². The molecule has 0 saturated carbocycles. The summed E-state index contributed by atoms with van der Waals surface area (Å²) in [5.74, 6) is -7.97. The molecule has 0 bridgehead atoms. The fraction of sp³-hybridized carbons (Fsp3) is 0.260. The maximum atomic E-state index is 16.7. The Kier molecular flexibility index (Phi) is 31.0. The van der Waals surface area contributed by atoms with Gasteiger partial charge in [-0.1, -0.05) is 139 Å². The third-order valence-electron chi connectivity index (χ3n) is 21.9. The van der Waals surface area contributed by atoms with Gasteiger partial charge in [0.15, 0.2) is 0 Å². The molecule has 0 radical (unpaired) electrons. The van der Waals surface area contributed by atoms with Crippen molar-refractivity contribution in [3.63, 3.8) is 0 Å². The molecule has 128 heavy (non-hydrogen) atoms. The molecule has 2 N–H and O–H groups in total. The fourth-order valence-electron chi connectivity index (χ4n) is 15.2. The number of hydrogen-bond acceptors (Lipinski definition) is 22. The summed E-state index contributed by atoms with van der Waals surface area (Å²) in [6.07, 6.45) is 6.47. The number of rotatable bonds is 46. The largest absolute Gasteiger partial charge is 0.460 e. The molecule has 26 nitrogen and oxygen atoms in total. The topological polar surface area (TPSA) is 312 Å². The van der Waals surface area contributed by atoms with E-state index in [9.17, 15) is 19.2 Å². The molecule has 0 aliphatic carbocycles. The van der Waals surface area contributed by atoms with Crippen LogP contribution < -0.4 is 29.6 Å². The van der Waals surface area contributed by atoms with Crippen LogP contribution in [0.25, 0.3) is 43.1 Å². The van der Waals surface area contributed by atoms with Gasteiger partial charge in [0, 0.05) is 88.8 Å². The summed E-state index contributed by atoms with van der Waals surface area (Å²) in [4.78, 5) is 147. The summed E-state index contributed by atoms with van der Waals surface area (Å²) in [6, 6.07) is 44.1. The number of carbonyl (C=O) groups is 10. The Morgan fingerprint density at radius 2 is 0.562 bits per heavy atom. The number of halogens is 2. The smallest absolute Gasteiger partial charge is 0.330 e. The molecule has 4 atom stereocenters. The molecule has 4 unspecified atom stereocenters. The molecular formula is C100H94Cl2N4O22. The van der Waals surface area contributed by atoms with Crippen molar-refractivity contribution in [2.75, 3.05) is 89.9 Å². The third-order valence-corrected chi connectivity index (χ3v) is 22.4. The lowest BCUT2D eigenvalue weighted by Crippen LogP contribution is -2.55. The van der Waals surface area contributed by atoms with E-state index < -0.39 is 83.2 Å². The maximum Gasteiger partial charge on any atom is 0.330 e. The number of esters is 4. The van der Waals surface area contributed by atoms with Gasteiger partial charge in [-0.05, 0) is 181 Å². The van der Waals surface area contributed by atoms with Gasteiger partial charge in [-0.15, -0.1) is 0 Å². The normalized spacial score (nSPS) is 13.2. The van der Waals surface area contributed by atoms with E-state index in [0.29, 0.717) is 59.9 Å². The molecule has 2 aliphatic rings. The molecule has 2 aliphatic heterocycles. The third kappa shape index (κ3) is 21.6. The van der Waals surface area contributed by atoms with Crippen LogP contribution >= 0.6 is 23.2 Å². The second kappa shape index (κ2) is 43.1. The van der Waals surface area contributed by atoms with Crippen LogP contribution in [-0.4, -0.2) is 160 Å². The van der Waals surface area contributed by atoms with Gasteiger partial charge in [0.25, 0.3) is 23.6 Å². The number of amides is 6. The van der Waals surface area contributed by atoms with Crippen molar-refractivity contribution in [1.82, 2.24) is 9.80 Å². The summed E-state index contributed by atoms with van der Waals surface area (Å²) in [7, 11) is 0. The van der Waals surface area contributed by atoms with Crippen LogP contribution in [-0.2, 0) is 92.3 Å². The molecule has 13 rings (SSSR count). The molecular weight excluding hydrogens is 1680 g/mol. The zero-order valence-corrected chi connectivity index (χ0v) is 72.5. The molecule has 0 saturated heterocycles. The van der Waals surface area contributed by atoms with E-state index in [1.807, 2.05) is 62.4 Å². The number of carbonyl (C=O) groups excluding carboxylic acids is 10. The molecule has 11 aromatic rings. The Balaban J connectivity index is 1.10. The number of anilines is 2. The monoisotopic (exact) mass is 1770 g/mol. The lowest BCUT2D eigenvalue weighted by Gasteiger charge is -2.37. The highest BCUT2D eigenvalue weighted by atomic mass is 35.5. The predicted octanol–water partition coefficient (Wildman–Crippen LogP) is 18.7. The van der Waals surface area contributed by atoms with Gasteiger partial charge >= 0.3 is 23.9 Å². The minimum atomic E-state index is -1.48. The van der Waals surface area contributed by atoms with Gasteiger partial charge in [-0.3, -0.25) is 38.6 Å². The summed E-state index contributed by atoms with van der Waals surface area (Å²) in [5, 5.41) is 7.73. The quantitative estimate of drug-likeness (QED) is 0.00681. The number of ether oxygens (including phenoxy) is 12. The number of nitrogens with zero attached hydrogens (tertiary/aromatic N) is 2. The van der Waals surface area contributed by atoms with E-state index in [1.54, 1.807) is 111 Å². The Bertz CT molecular complexity index is 5370. The SMILES string of the molecule is C=CC(=O)OCCOCCc1ccc(Oc2cc3c4c(cc(Oc5ccc(CCOCCOC(=O)C=C)cc5)c5c6c(Oc7ccc(CCOCCOC(=O)C=C)cc7)cc7c8c(cc(Oc9ccc(CCOCCOC(=O)C=C)cc9)c(c2c45)c86)C(=O)N(C(C(=O)Nc2ccc(Cl)cc2)C(C)CC)C7=O)C(=O)N(C(C(=O)Nc2ccc(Cl)cc2)C(C)CC)C3=O)cc1. The zero-order chi connectivity index (χ0) is 90.7. The van der Waals surface area contributed by atoms with Crippen LogP contribution in [0.2, 0.25) is 10.0 Å². The lowest BCUT2D eigenvalue weighted by atomic mass is 9.80. The van der Waals surface area contributed by atoms with Gasteiger partial charge in [0.1, 0.15) is 84.5 Å². The second-order valence-electron chi connectivity index (χ2n) is 30.2. The number of benzene rings is 11. The maximum absolute atomic E-state index is 16.7. The van der Waals surface area contributed by atoms with Crippen molar-refractivity contribution in [2.45, 2.75) is 78.3 Å². The second-order valence-corrected chi connectivity index (χ2v) is 31.1. The molecule has 0 spiro atoms. The predicted molar refractivity (Wildman–Crippen MR) is 484 cm³/mol. The highest BCUT2D eigenvalue weighted by molar-refractivity contribution is 6.45. The summed E-state index contributed by atoms with van der Waals surface area (Å²) < 4.78 is 73.3. The minimum absolute atomic E-state index is 0.00346. The van der Waals surface area contributed by atoms with Gasteiger partial charge in [0.05, 0.1) is 75.1 Å². The van der Waals surface area contributed by atoms with Crippen LogP contribution in [0.4, 0.5) is 11.4 Å². The van der Waals surface area contributed by atoms with E-state index in [1.165, 1.54) is 24.3 Å². The Hall–Kier alpha value is -13.6. The summed E-state index contributed by atoms with van der Waals surface area (Å²) >= 11 is 12.7. The Morgan fingerprint density at radius 3 is 0.781 bits per heavy atom. The molecule has 0 fully saturated rings. The lowest BCUT2D eigenvalue weighted by molar-refractivity contribution is -0.140. The highest BCUT2D eigenvalue weighted by Gasteiger charge is 2.48. The van der Waals surface area contributed by atoms with E-state index >= 15 is 28.8 Å². The summed E-state index contributed by atoms with van der Waals surface area (Å²) in [5.41, 5.74) is 3.47. The Morgan fingerprint density at radius 1 is 0.328 bits per heavy atom. The first-order valence-electron chi connectivity index (χ1n) is 41.8. The van der Waals surface area contributed by atoms with E-state index in [2.05, 4.69) is 36.9 Å².